The minimum absolute atomic E-state index is 0.282. The van der Waals surface area contributed by atoms with E-state index in [1.807, 2.05) is 20.0 Å². The summed E-state index contributed by atoms with van der Waals surface area (Å²) >= 11 is 6.19. The van der Waals surface area contributed by atoms with Gasteiger partial charge in [-0.05, 0) is 25.6 Å². The number of nitrogens with one attached hydrogen (secondary N) is 1. The summed E-state index contributed by atoms with van der Waals surface area (Å²) in [6.07, 6.45) is 0.818. The number of nitrogens with zero attached hydrogens (tertiary/aromatic N) is 2. The predicted octanol–water partition coefficient (Wildman–Crippen LogP) is 1.79. The van der Waals surface area contributed by atoms with E-state index in [4.69, 9.17) is 22.4 Å². The Morgan fingerprint density at radius 3 is 2.95 bits per heavy atom. The zero-order chi connectivity index (χ0) is 15.1. The molecule has 0 unspecified atom stereocenters. The number of hydrazine groups is 1. The van der Waals surface area contributed by atoms with Crippen LogP contribution >= 0.6 is 11.6 Å². The van der Waals surface area contributed by atoms with Gasteiger partial charge in [0.05, 0.1) is 11.1 Å². The van der Waals surface area contributed by atoms with Gasteiger partial charge in [0.25, 0.3) is 5.91 Å². The summed E-state index contributed by atoms with van der Waals surface area (Å²) in [6.45, 7) is 3.54. The molecule has 6 heteroatoms. The number of nitrogens with two attached hydrogens (primary N) is 1. The molecule has 2 heterocycles. The molecule has 1 aliphatic heterocycles. The number of fused-ring (bicyclic) bond motifs is 2. The van der Waals surface area contributed by atoms with E-state index in [2.05, 4.69) is 10.3 Å². The van der Waals surface area contributed by atoms with E-state index in [0.29, 0.717) is 17.1 Å². The Balaban J connectivity index is 2.39. The fourth-order valence-electron chi connectivity index (χ4n) is 2.89. The molecule has 0 radical (unpaired) electrons. The highest BCUT2D eigenvalue weighted by atomic mass is 35.5. The van der Waals surface area contributed by atoms with E-state index >= 15 is 0 Å². The van der Waals surface area contributed by atoms with E-state index in [1.54, 1.807) is 6.07 Å². The topological polar surface area (TPSA) is 71.2 Å². The van der Waals surface area contributed by atoms with Crippen molar-refractivity contribution in [3.63, 3.8) is 0 Å². The van der Waals surface area contributed by atoms with Gasteiger partial charge in [-0.15, -0.1) is 0 Å². The van der Waals surface area contributed by atoms with Crippen LogP contribution in [0.25, 0.3) is 10.9 Å². The number of nitrogen functional groups attached to an aromatic ring is 1. The van der Waals surface area contributed by atoms with Crippen LogP contribution < -0.4 is 11.3 Å². The predicted molar refractivity (Wildman–Crippen MR) is 83.2 cm³/mol. The van der Waals surface area contributed by atoms with Crippen LogP contribution in [0.15, 0.2) is 12.1 Å². The first-order chi connectivity index (χ1) is 10.0. The highest BCUT2D eigenvalue weighted by molar-refractivity contribution is 6.32. The third-order valence-electron chi connectivity index (χ3n) is 4.05. The van der Waals surface area contributed by atoms with Crippen LogP contribution in [0.4, 0.5) is 0 Å². The first kappa shape index (κ1) is 14.3. The van der Waals surface area contributed by atoms with E-state index in [1.165, 1.54) is 0 Å². The van der Waals surface area contributed by atoms with Crippen LogP contribution in [0.5, 0.6) is 0 Å². The molecule has 3 N–H and O–H groups in total. The molecule has 0 atom stereocenters. The van der Waals surface area contributed by atoms with E-state index in [0.717, 1.165) is 40.7 Å². The number of rotatable bonds is 1. The standard InChI is InChI=1S/C15H17ClN4O/c1-8-11(16)4-3-9-13(15(21)19-17)10-7-20(2)6-5-12(10)18-14(8)9/h3-4H,5-7,17H2,1-2H3,(H,19,21). The van der Waals surface area contributed by atoms with Crippen molar-refractivity contribution < 1.29 is 4.79 Å². The number of benzene rings is 1. The highest BCUT2D eigenvalue weighted by Crippen LogP contribution is 2.31. The minimum atomic E-state index is -0.282. The maximum atomic E-state index is 12.3. The lowest BCUT2D eigenvalue weighted by Crippen LogP contribution is -2.34. The zero-order valence-electron chi connectivity index (χ0n) is 12.0. The van der Waals surface area contributed by atoms with Crippen molar-refractivity contribution in [2.45, 2.75) is 19.9 Å². The third-order valence-corrected chi connectivity index (χ3v) is 4.46. The summed E-state index contributed by atoms with van der Waals surface area (Å²) in [5.41, 5.74) is 6.46. The van der Waals surface area contributed by atoms with Crippen molar-refractivity contribution in [1.29, 1.82) is 0 Å². The Labute approximate surface area is 128 Å². The van der Waals surface area contributed by atoms with Crippen molar-refractivity contribution in [1.82, 2.24) is 15.3 Å². The molecular weight excluding hydrogens is 288 g/mol. The number of carbonyl (C=O) groups is 1. The van der Waals surface area contributed by atoms with Crippen molar-refractivity contribution in [3.8, 4) is 0 Å². The number of aryl methyl sites for hydroxylation is 1. The zero-order valence-corrected chi connectivity index (χ0v) is 12.8. The molecule has 5 nitrogen and oxygen atoms in total. The van der Waals surface area contributed by atoms with Crippen LogP contribution in [0.3, 0.4) is 0 Å². The van der Waals surface area contributed by atoms with Crippen molar-refractivity contribution >= 4 is 28.4 Å². The molecule has 0 aliphatic carbocycles. The van der Waals surface area contributed by atoms with Gasteiger partial charge in [0, 0.05) is 41.2 Å². The fraction of sp³-hybridized carbons (Fsp3) is 0.333. The average Bonchev–Trinajstić information content (AvgIpc) is 2.48. The largest absolute Gasteiger partial charge is 0.302 e. The van der Waals surface area contributed by atoms with Gasteiger partial charge in [-0.3, -0.25) is 15.2 Å². The molecular formula is C15H17ClN4O. The lowest BCUT2D eigenvalue weighted by Gasteiger charge is -2.27. The van der Waals surface area contributed by atoms with Gasteiger partial charge in [0.1, 0.15) is 0 Å². The molecule has 0 fully saturated rings. The molecule has 1 amide bonds. The molecule has 2 aromatic rings. The first-order valence-corrected chi connectivity index (χ1v) is 7.20. The van der Waals surface area contributed by atoms with Crippen LogP contribution in [0.2, 0.25) is 5.02 Å². The van der Waals surface area contributed by atoms with E-state index in [9.17, 15) is 4.79 Å². The van der Waals surface area contributed by atoms with Crippen LogP contribution in [0, 0.1) is 6.92 Å². The Hall–Kier alpha value is -1.69. The van der Waals surface area contributed by atoms with Gasteiger partial charge in [-0.1, -0.05) is 17.7 Å². The maximum absolute atomic E-state index is 12.3. The second-order valence-electron chi connectivity index (χ2n) is 5.44. The van der Waals surface area contributed by atoms with Gasteiger partial charge < -0.3 is 4.90 Å². The number of pyridine rings is 1. The average molecular weight is 305 g/mol. The number of carbonyl (C=O) groups excluding carboxylic acids is 1. The second-order valence-corrected chi connectivity index (χ2v) is 5.85. The number of hydrogen-bond donors (Lipinski definition) is 2. The van der Waals surface area contributed by atoms with Gasteiger partial charge in [-0.25, -0.2) is 5.84 Å². The lowest BCUT2D eigenvalue weighted by atomic mass is 9.94. The fourth-order valence-corrected chi connectivity index (χ4v) is 3.04. The Kier molecular flexibility index (Phi) is 3.57. The summed E-state index contributed by atoms with van der Waals surface area (Å²) in [5, 5.41) is 1.45. The molecule has 110 valence electrons. The summed E-state index contributed by atoms with van der Waals surface area (Å²) in [4.78, 5) is 19.2. The number of likely N-dealkylation sites (N-methyl/N-ethyl adjacent to an activating group) is 1. The summed E-state index contributed by atoms with van der Waals surface area (Å²) in [6, 6.07) is 3.64. The monoisotopic (exact) mass is 304 g/mol. The number of hydrogen-bond acceptors (Lipinski definition) is 4. The SMILES string of the molecule is Cc1c(Cl)ccc2c(C(=O)NN)c3c(nc12)CCN(C)C3. The molecule has 21 heavy (non-hydrogen) atoms. The van der Waals surface area contributed by atoms with Crippen molar-refractivity contribution in [3.05, 3.63) is 39.5 Å². The quantitative estimate of drug-likeness (QED) is 0.479. The summed E-state index contributed by atoms with van der Waals surface area (Å²) in [7, 11) is 2.03. The van der Waals surface area contributed by atoms with Crippen LogP contribution in [-0.2, 0) is 13.0 Å². The van der Waals surface area contributed by atoms with Crippen molar-refractivity contribution in [2.75, 3.05) is 13.6 Å². The number of aromatic nitrogens is 1. The smallest absolute Gasteiger partial charge is 0.266 e. The van der Waals surface area contributed by atoms with Crippen LogP contribution in [-0.4, -0.2) is 29.4 Å². The molecule has 1 aromatic heterocycles. The molecule has 0 saturated heterocycles. The van der Waals surface area contributed by atoms with Gasteiger partial charge in [0.15, 0.2) is 0 Å². The molecule has 1 aliphatic rings. The molecule has 0 saturated carbocycles. The van der Waals surface area contributed by atoms with E-state index in [-0.39, 0.29) is 5.91 Å². The van der Waals surface area contributed by atoms with Gasteiger partial charge in [0.2, 0.25) is 0 Å². The Morgan fingerprint density at radius 2 is 2.24 bits per heavy atom. The third kappa shape index (κ3) is 2.27. The van der Waals surface area contributed by atoms with E-state index < -0.39 is 0 Å². The second kappa shape index (κ2) is 5.26. The lowest BCUT2D eigenvalue weighted by molar-refractivity contribution is 0.0953. The Bertz CT molecular complexity index is 744. The molecule has 3 rings (SSSR count). The molecule has 0 bridgehead atoms. The summed E-state index contributed by atoms with van der Waals surface area (Å²) < 4.78 is 0. The molecule has 1 aromatic carbocycles. The van der Waals surface area contributed by atoms with Gasteiger partial charge in [-0.2, -0.15) is 0 Å². The molecule has 0 spiro atoms. The Morgan fingerprint density at radius 1 is 1.48 bits per heavy atom. The highest BCUT2D eigenvalue weighted by Gasteiger charge is 2.25. The van der Waals surface area contributed by atoms with Crippen LogP contribution in [0.1, 0.15) is 27.2 Å². The number of amides is 1. The maximum Gasteiger partial charge on any atom is 0.266 e. The van der Waals surface area contributed by atoms with Gasteiger partial charge >= 0.3 is 0 Å². The minimum Gasteiger partial charge on any atom is -0.302 e. The normalized spacial score (nSPS) is 15.0. The first-order valence-electron chi connectivity index (χ1n) is 6.83. The van der Waals surface area contributed by atoms with Crippen molar-refractivity contribution in [2.24, 2.45) is 5.84 Å². The summed E-state index contributed by atoms with van der Waals surface area (Å²) in [5.74, 6) is 5.09. The number of halogens is 1.